The van der Waals surface area contributed by atoms with E-state index in [0.717, 1.165) is 10.1 Å². The molecule has 0 aliphatic rings. The van der Waals surface area contributed by atoms with Crippen molar-refractivity contribution >= 4 is 27.1 Å². The molecule has 0 atom stereocenters. The second-order valence-corrected chi connectivity index (χ2v) is 4.08. The lowest BCUT2D eigenvalue weighted by atomic mass is 10.2. The van der Waals surface area contributed by atoms with Crippen LogP contribution in [0.1, 0.15) is 12.5 Å². The first-order valence-corrected chi connectivity index (χ1v) is 5.42. The SMILES string of the molecule is CCOc1sc2ccc(N)cc2c1C#N. The van der Waals surface area contributed by atoms with Crippen LogP contribution in [0, 0.1) is 11.3 Å². The van der Waals surface area contributed by atoms with Crippen LogP contribution in [0.3, 0.4) is 0 Å². The van der Waals surface area contributed by atoms with Crippen LogP contribution < -0.4 is 10.5 Å². The summed E-state index contributed by atoms with van der Waals surface area (Å²) in [5.41, 5.74) is 6.94. The Labute approximate surface area is 91.7 Å². The molecule has 0 aliphatic carbocycles. The van der Waals surface area contributed by atoms with E-state index in [0.29, 0.717) is 22.9 Å². The minimum Gasteiger partial charge on any atom is -0.483 e. The summed E-state index contributed by atoms with van der Waals surface area (Å²) in [6.45, 7) is 2.47. The number of ether oxygens (including phenoxy) is 1. The van der Waals surface area contributed by atoms with Gasteiger partial charge in [0.1, 0.15) is 11.6 Å². The van der Waals surface area contributed by atoms with Crippen molar-refractivity contribution in [3.8, 4) is 11.1 Å². The fourth-order valence-electron chi connectivity index (χ4n) is 1.43. The Hall–Kier alpha value is -1.73. The highest BCUT2D eigenvalue weighted by Gasteiger charge is 2.12. The number of thiophene rings is 1. The first kappa shape index (κ1) is 9.81. The number of anilines is 1. The third-order valence-electron chi connectivity index (χ3n) is 2.07. The van der Waals surface area contributed by atoms with Gasteiger partial charge in [-0.2, -0.15) is 5.26 Å². The van der Waals surface area contributed by atoms with E-state index in [-0.39, 0.29) is 0 Å². The summed E-state index contributed by atoms with van der Waals surface area (Å²) >= 11 is 1.48. The number of nitrogens with zero attached hydrogens (tertiary/aromatic N) is 1. The lowest BCUT2D eigenvalue weighted by Gasteiger charge is -1.97. The van der Waals surface area contributed by atoms with Gasteiger partial charge in [-0.05, 0) is 25.1 Å². The molecule has 0 saturated heterocycles. The molecule has 1 heterocycles. The summed E-state index contributed by atoms with van der Waals surface area (Å²) in [5.74, 6) is 0. The molecular formula is C11H10N2OS. The third-order valence-corrected chi connectivity index (χ3v) is 3.15. The van der Waals surface area contributed by atoms with Crippen molar-refractivity contribution in [3.05, 3.63) is 23.8 Å². The topological polar surface area (TPSA) is 59.0 Å². The Balaban J connectivity index is 2.70. The van der Waals surface area contributed by atoms with Gasteiger partial charge < -0.3 is 10.5 Å². The van der Waals surface area contributed by atoms with Gasteiger partial charge in [0.25, 0.3) is 0 Å². The summed E-state index contributed by atoms with van der Waals surface area (Å²) in [5, 5.41) is 10.6. The Morgan fingerprint density at radius 2 is 2.33 bits per heavy atom. The highest BCUT2D eigenvalue weighted by atomic mass is 32.1. The molecule has 2 aromatic rings. The molecule has 2 rings (SSSR count). The molecular weight excluding hydrogens is 208 g/mol. The monoisotopic (exact) mass is 218 g/mol. The molecule has 0 saturated carbocycles. The second-order valence-electron chi connectivity index (χ2n) is 3.06. The van der Waals surface area contributed by atoms with Crippen molar-refractivity contribution in [2.45, 2.75) is 6.92 Å². The number of nitrogen functional groups attached to an aromatic ring is 1. The minimum absolute atomic E-state index is 0.566. The van der Waals surface area contributed by atoms with Gasteiger partial charge in [-0.15, -0.1) is 0 Å². The molecule has 76 valence electrons. The van der Waals surface area contributed by atoms with Crippen LogP contribution in [0.2, 0.25) is 0 Å². The van der Waals surface area contributed by atoms with E-state index in [1.54, 1.807) is 0 Å². The van der Waals surface area contributed by atoms with Crippen molar-refractivity contribution in [2.24, 2.45) is 0 Å². The summed E-state index contributed by atoms with van der Waals surface area (Å²) in [6, 6.07) is 7.72. The van der Waals surface area contributed by atoms with Gasteiger partial charge in [0, 0.05) is 15.8 Å². The van der Waals surface area contributed by atoms with Gasteiger partial charge in [0.15, 0.2) is 5.06 Å². The second kappa shape index (κ2) is 3.79. The molecule has 0 radical (unpaired) electrons. The number of fused-ring (bicyclic) bond motifs is 1. The maximum atomic E-state index is 9.06. The van der Waals surface area contributed by atoms with Crippen LogP contribution in [0.5, 0.6) is 5.06 Å². The van der Waals surface area contributed by atoms with Crippen LogP contribution in [0.4, 0.5) is 5.69 Å². The molecule has 2 N–H and O–H groups in total. The van der Waals surface area contributed by atoms with Crippen LogP contribution in [-0.2, 0) is 0 Å². The van der Waals surface area contributed by atoms with Gasteiger partial charge in [0.2, 0.25) is 0 Å². The number of rotatable bonds is 2. The Bertz CT molecular complexity index is 539. The van der Waals surface area contributed by atoms with Crippen molar-refractivity contribution < 1.29 is 4.74 Å². The maximum Gasteiger partial charge on any atom is 0.193 e. The summed E-state index contributed by atoms with van der Waals surface area (Å²) in [7, 11) is 0. The number of nitriles is 1. The number of hydrogen-bond donors (Lipinski definition) is 1. The van der Waals surface area contributed by atoms with Crippen molar-refractivity contribution in [1.29, 1.82) is 5.26 Å². The van der Waals surface area contributed by atoms with E-state index in [9.17, 15) is 0 Å². The fourth-order valence-corrected chi connectivity index (χ4v) is 2.47. The smallest absolute Gasteiger partial charge is 0.193 e. The van der Waals surface area contributed by atoms with Crippen molar-refractivity contribution in [2.75, 3.05) is 12.3 Å². The number of benzene rings is 1. The molecule has 0 unspecified atom stereocenters. The molecule has 0 aliphatic heterocycles. The first-order valence-electron chi connectivity index (χ1n) is 4.61. The highest BCUT2D eigenvalue weighted by molar-refractivity contribution is 7.21. The molecule has 1 aromatic carbocycles. The lowest BCUT2D eigenvalue weighted by Crippen LogP contribution is -1.90. The van der Waals surface area contributed by atoms with Crippen LogP contribution in [0.25, 0.3) is 10.1 Å². The Kier molecular flexibility index (Phi) is 2.48. The average Bonchev–Trinajstić information content (AvgIpc) is 2.55. The van der Waals surface area contributed by atoms with Gasteiger partial charge in [-0.25, -0.2) is 0 Å². The zero-order valence-electron chi connectivity index (χ0n) is 8.28. The average molecular weight is 218 g/mol. The zero-order valence-corrected chi connectivity index (χ0v) is 9.10. The number of hydrogen-bond acceptors (Lipinski definition) is 4. The van der Waals surface area contributed by atoms with Crippen LogP contribution >= 0.6 is 11.3 Å². The summed E-state index contributed by atoms with van der Waals surface area (Å²) in [4.78, 5) is 0. The fraction of sp³-hybridized carbons (Fsp3) is 0.182. The van der Waals surface area contributed by atoms with Crippen molar-refractivity contribution in [3.63, 3.8) is 0 Å². The van der Waals surface area contributed by atoms with Crippen LogP contribution in [0.15, 0.2) is 18.2 Å². The quantitative estimate of drug-likeness (QED) is 0.788. The maximum absolute atomic E-state index is 9.06. The standard InChI is InChI=1S/C11H10N2OS/c1-2-14-11-9(6-12)8-5-7(13)3-4-10(8)15-11/h3-5H,2,13H2,1H3. The molecule has 1 aromatic heterocycles. The lowest BCUT2D eigenvalue weighted by molar-refractivity contribution is 0.350. The van der Waals surface area contributed by atoms with Gasteiger partial charge in [-0.1, -0.05) is 11.3 Å². The van der Waals surface area contributed by atoms with E-state index >= 15 is 0 Å². The first-order chi connectivity index (χ1) is 7.26. The molecule has 4 heteroatoms. The zero-order chi connectivity index (χ0) is 10.8. The molecule has 3 nitrogen and oxygen atoms in total. The van der Waals surface area contributed by atoms with E-state index < -0.39 is 0 Å². The van der Waals surface area contributed by atoms with Gasteiger partial charge in [-0.3, -0.25) is 0 Å². The highest BCUT2D eigenvalue weighted by Crippen LogP contribution is 2.37. The third kappa shape index (κ3) is 1.62. The van der Waals surface area contributed by atoms with Crippen molar-refractivity contribution in [1.82, 2.24) is 0 Å². The molecule has 15 heavy (non-hydrogen) atoms. The summed E-state index contributed by atoms with van der Waals surface area (Å²) < 4.78 is 6.44. The van der Waals surface area contributed by atoms with E-state index in [2.05, 4.69) is 6.07 Å². The largest absolute Gasteiger partial charge is 0.483 e. The molecule has 0 fully saturated rings. The minimum atomic E-state index is 0.566. The van der Waals surface area contributed by atoms with Crippen LogP contribution in [-0.4, -0.2) is 6.61 Å². The number of nitrogens with two attached hydrogens (primary N) is 1. The predicted octanol–water partition coefficient (Wildman–Crippen LogP) is 2.75. The van der Waals surface area contributed by atoms with Gasteiger partial charge >= 0.3 is 0 Å². The molecule has 0 amide bonds. The van der Waals surface area contributed by atoms with Gasteiger partial charge in [0.05, 0.1) is 6.61 Å². The Morgan fingerprint density at radius 1 is 1.53 bits per heavy atom. The predicted molar refractivity (Wildman–Crippen MR) is 62.1 cm³/mol. The Morgan fingerprint density at radius 3 is 3.00 bits per heavy atom. The van der Waals surface area contributed by atoms with E-state index in [4.69, 9.17) is 15.7 Å². The normalized spacial score (nSPS) is 10.1. The summed E-state index contributed by atoms with van der Waals surface area (Å²) in [6.07, 6.45) is 0. The molecule has 0 bridgehead atoms. The van der Waals surface area contributed by atoms with E-state index in [1.165, 1.54) is 11.3 Å². The van der Waals surface area contributed by atoms with E-state index in [1.807, 2.05) is 25.1 Å². The molecule has 0 spiro atoms.